The van der Waals surface area contributed by atoms with Gasteiger partial charge in [-0.05, 0) is 6.42 Å². The molecule has 1 heterocycles. The van der Waals surface area contributed by atoms with Gasteiger partial charge in [0, 0.05) is 12.0 Å². The molecule has 0 fully saturated rings. The quantitative estimate of drug-likeness (QED) is 0.489. The van der Waals surface area contributed by atoms with Gasteiger partial charge in [-0.25, -0.2) is 5.84 Å². The van der Waals surface area contributed by atoms with Gasteiger partial charge in [-0.15, -0.1) is 0 Å². The summed E-state index contributed by atoms with van der Waals surface area (Å²) in [5.41, 5.74) is 3.92. The summed E-state index contributed by atoms with van der Waals surface area (Å²) in [5, 5.41) is 3.98. The number of hydrogen-bond donors (Lipinski definition) is 2. The second-order valence-corrected chi connectivity index (χ2v) is 3.92. The Morgan fingerprint density at radius 2 is 2.11 bits per heavy atom. The molecule has 0 saturated carbocycles. The van der Waals surface area contributed by atoms with Crippen LogP contribution in [0.2, 0.25) is 0 Å². The van der Waals surface area contributed by atoms with Gasteiger partial charge in [0.25, 0.3) is 5.91 Å². The van der Waals surface area contributed by atoms with Gasteiger partial charge in [0.2, 0.25) is 0 Å². The van der Waals surface area contributed by atoms with E-state index in [1.54, 1.807) is 0 Å². The van der Waals surface area contributed by atoms with E-state index in [1.807, 2.05) is 37.3 Å². The van der Waals surface area contributed by atoms with Gasteiger partial charge in [0.1, 0.15) is 17.0 Å². The normalized spacial score (nSPS) is 10.3. The Hall–Kier alpha value is -2.14. The van der Waals surface area contributed by atoms with E-state index in [4.69, 9.17) is 10.4 Å². The second-order valence-electron chi connectivity index (χ2n) is 3.92. The van der Waals surface area contributed by atoms with Gasteiger partial charge in [-0.1, -0.05) is 42.4 Å². The topological polar surface area (TPSA) is 81.2 Å². The number of carbonyl (C=O) groups is 1. The van der Waals surface area contributed by atoms with E-state index < -0.39 is 0 Å². The molecule has 0 bridgehead atoms. The number of nitrogen functional groups attached to an aromatic ring is 1. The summed E-state index contributed by atoms with van der Waals surface area (Å²) in [5.74, 6) is 5.40. The fourth-order valence-electron chi connectivity index (χ4n) is 1.82. The summed E-state index contributed by atoms with van der Waals surface area (Å²) in [4.78, 5) is 11.8. The zero-order chi connectivity index (χ0) is 13.0. The second kappa shape index (κ2) is 5.46. The largest absolute Gasteiger partial charge is 0.360 e. The fraction of sp³-hybridized carbons (Fsp3) is 0.231. The van der Waals surface area contributed by atoms with Crippen molar-refractivity contribution in [1.82, 2.24) is 10.6 Å². The molecule has 0 spiro atoms. The maximum atomic E-state index is 11.8. The number of rotatable bonds is 4. The summed E-state index contributed by atoms with van der Waals surface area (Å²) in [6, 6.07) is 9.42. The number of aryl methyl sites for hydroxylation is 1. The van der Waals surface area contributed by atoms with Crippen LogP contribution in [0.4, 0.5) is 0 Å². The molecule has 2 aromatic rings. The Morgan fingerprint density at radius 3 is 2.72 bits per heavy atom. The lowest BCUT2D eigenvalue weighted by Crippen LogP contribution is -2.30. The first-order valence-electron chi connectivity index (χ1n) is 5.82. The lowest BCUT2D eigenvalue weighted by atomic mass is 10.0. The smallest absolute Gasteiger partial charge is 0.271 e. The molecule has 0 radical (unpaired) electrons. The number of carbonyl (C=O) groups excluding carboxylic acids is 1. The van der Waals surface area contributed by atoms with Crippen molar-refractivity contribution in [3.05, 3.63) is 41.7 Å². The maximum absolute atomic E-state index is 11.8. The van der Waals surface area contributed by atoms with Crippen molar-refractivity contribution < 1.29 is 9.32 Å². The van der Waals surface area contributed by atoms with Crippen molar-refractivity contribution in [2.75, 3.05) is 0 Å². The Kier molecular flexibility index (Phi) is 3.74. The number of nitrogens with two attached hydrogens (primary N) is 1. The van der Waals surface area contributed by atoms with Crippen molar-refractivity contribution in [3.8, 4) is 11.3 Å². The van der Waals surface area contributed by atoms with Crippen molar-refractivity contribution in [2.45, 2.75) is 19.8 Å². The molecular formula is C13H15N3O2. The molecule has 1 aromatic heterocycles. The molecule has 1 amide bonds. The van der Waals surface area contributed by atoms with Gasteiger partial charge in [0.15, 0.2) is 0 Å². The molecule has 0 aliphatic rings. The molecule has 0 atom stereocenters. The third-order valence-corrected chi connectivity index (χ3v) is 2.65. The predicted octanol–water partition coefficient (Wildman–Crippen LogP) is 1.90. The van der Waals surface area contributed by atoms with E-state index in [2.05, 4.69) is 10.6 Å². The number of hydrazine groups is 1. The summed E-state index contributed by atoms with van der Waals surface area (Å²) in [6.45, 7) is 2.01. The van der Waals surface area contributed by atoms with Crippen LogP contribution in [0.25, 0.3) is 11.3 Å². The molecule has 2 rings (SSSR count). The lowest BCUT2D eigenvalue weighted by Gasteiger charge is -2.02. The van der Waals surface area contributed by atoms with Gasteiger partial charge in [-0.3, -0.25) is 10.2 Å². The van der Waals surface area contributed by atoms with Crippen LogP contribution < -0.4 is 11.3 Å². The van der Waals surface area contributed by atoms with Crippen LogP contribution in [-0.2, 0) is 6.42 Å². The average molecular weight is 245 g/mol. The van der Waals surface area contributed by atoms with E-state index in [9.17, 15) is 4.79 Å². The minimum absolute atomic E-state index is 0.376. The van der Waals surface area contributed by atoms with Crippen LogP contribution in [-0.4, -0.2) is 11.1 Å². The molecule has 0 aliphatic carbocycles. The fourth-order valence-corrected chi connectivity index (χ4v) is 1.82. The first-order chi connectivity index (χ1) is 8.77. The summed E-state index contributed by atoms with van der Waals surface area (Å²) in [7, 11) is 0. The predicted molar refractivity (Wildman–Crippen MR) is 67.6 cm³/mol. The molecule has 0 aliphatic heterocycles. The van der Waals surface area contributed by atoms with E-state index in [-0.39, 0.29) is 5.91 Å². The highest BCUT2D eigenvalue weighted by atomic mass is 16.5. The molecule has 1 aromatic carbocycles. The molecule has 94 valence electrons. The van der Waals surface area contributed by atoms with Gasteiger partial charge >= 0.3 is 0 Å². The van der Waals surface area contributed by atoms with E-state index in [0.29, 0.717) is 23.4 Å². The number of aromatic nitrogens is 1. The number of amides is 1. The van der Waals surface area contributed by atoms with Gasteiger partial charge in [0.05, 0.1) is 0 Å². The van der Waals surface area contributed by atoms with Crippen molar-refractivity contribution in [3.63, 3.8) is 0 Å². The Bertz CT molecular complexity index is 534. The Morgan fingerprint density at radius 1 is 1.39 bits per heavy atom. The average Bonchev–Trinajstić information content (AvgIpc) is 2.83. The minimum atomic E-state index is -0.376. The molecule has 5 nitrogen and oxygen atoms in total. The summed E-state index contributed by atoms with van der Waals surface area (Å²) < 4.78 is 5.25. The number of nitrogens with one attached hydrogen (secondary N) is 1. The van der Waals surface area contributed by atoms with E-state index >= 15 is 0 Å². The monoisotopic (exact) mass is 245 g/mol. The first kappa shape index (κ1) is 12.3. The molecule has 0 saturated heterocycles. The highest BCUT2D eigenvalue weighted by Crippen LogP contribution is 2.26. The Balaban J connectivity index is 2.51. The van der Waals surface area contributed by atoms with Gasteiger partial charge in [-0.2, -0.15) is 0 Å². The molecule has 18 heavy (non-hydrogen) atoms. The SMILES string of the molecule is CCCc1onc(-c2ccccc2)c1C(=O)NN. The zero-order valence-corrected chi connectivity index (χ0v) is 10.1. The summed E-state index contributed by atoms with van der Waals surface area (Å²) in [6.07, 6.45) is 1.52. The minimum Gasteiger partial charge on any atom is -0.360 e. The molecule has 5 heteroatoms. The number of hydrogen-bond acceptors (Lipinski definition) is 4. The summed E-state index contributed by atoms with van der Waals surface area (Å²) >= 11 is 0. The Labute approximate surface area is 105 Å². The van der Waals surface area contributed by atoms with Crippen LogP contribution in [0.1, 0.15) is 29.5 Å². The van der Waals surface area contributed by atoms with Gasteiger partial charge < -0.3 is 4.52 Å². The highest BCUT2D eigenvalue weighted by Gasteiger charge is 2.22. The first-order valence-corrected chi connectivity index (χ1v) is 5.82. The van der Waals surface area contributed by atoms with Crippen LogP contribution in [0.3, 0.4) is 0 Å². The van der Waals surface area contributed by atoms with Crippen LogP contribution in [0.15, 0.2) is 34.9 Å². The van der Waals surface area contributed by atoms with E-state index in [0.717, 1.165) is 12.0 Å². The maximum Gasteiger partial charge on any atom is 0.271 e. The number of nitrogens with zero attached hydrogens (tertiary/aromatic N) is 1. The van der Waals surface area contributed by atoms with Crippen LogP contribution >= 0.6 is 0 Å². The van der Waals surface area contributed by atoms with Crippen molar-refractivity contribution >= 4 is 5.91 Å². The van der Waals surface area contributed by atoms with Crippen LogP contribution in [0, 0.1) is 0 Å². The number of benzene rings is 1. The van der Waals surface area contributed by atoms with Crippen molar-refractivity contribution in [2.24, 2.45) is 5.84 Å². The van der Waals surface area contributed by atoms with Crippen molar-refractivity contribution in [1.29, 1.82) is 0 Å². The molecule has 0 unspecified atom stereocenters. The highest BCUT2D eigenvalue weighted by molar-refractivity contribution is 6.00. The third kappa shape index (κ3) is 2.26. The lowest BCUT2D eigenvalue weighted by molar-refractivity contribution is 0.0952. The van der Waals surface area contributed by atoms with E-state index in [1.165, 1.54) is 0 Å². The third-order valence-electron chi connectivity index (χ3n) is 2.65. The zero-order valence-electron chi connectivity index (χ0n) is 10.1. The standard InChI is InChI=1S/C13H15N3O2/c1-2-6-10-11(13(17)15-14)12(16-18-10)9-7-4-3-5-8-9/h3-5,7-8H,2,6,14H2,1H3,(H,15,17). The molecular weight excluding hydrogens is 230 g/mol. The molecule has 3 N–H and O–H groups in total. The van der Waals surface area contributed by atoms with Crippen LogP contribution in [0.5, 0.6) is 0 Å².